The number of aromatic nitrogens is 6. The molecule has 0 aliphatic rings. The van der Waals surface area contributed by atoms with Crippen LogP contribution in [0, 0.1) is 0 Å². The maximum Gasteiger partial charge on any atom is 0.227 e. The lowest BCUT2D eigenvalue weighted by atomic mass is 9.86. The molecule has 0 N–H and O–H groups in total. The molecule has 0 radical (unpaired) electrons. The molecule has 0 amide bonds. The van der Waals surface area contributed by atoms with Crippen LogP contribution in [0.2, 0.25) is 0 Å². The van der Waals surface area contributed by atoms with Crippen molar-refractivity contribution >= 4 is 0 Å². The Balaban J connectivity index is 1.83. The number of oxazole rings is 1. The van der Waals surface area contributed by atoms with Crippen LogP contribution in [-0.4, -0.2) is 30.1 Å². The van der Waals surface area contributed by atoms with Crippen LogP contribution in [-0.2, 0) is 22.8 Å². The molecule has 0 aliphatic heterocycles. The van der Waals surface area contributed by atoms with Crippen molar-refractivity contribution in [2.45, 2.75) is 71.3 Å². The van der Waals surface area contributed by atoms with E-state index in [0.717, 1.165) is 11.5 Å². The lowest BCUT2D eigenvalue weighted by Crippen LogP contribution is -2.24. The Morgan fingerprint density at radius 2 is 1.81 bits per heavy atom. The molecule has 0 unspecified atom stereocenters. The number of nitrogens with zero attached hydrogens (tertiary/aromatic N) is 6. The molecule has 3 rings (SSSR count). The van der Waals surface area contributed by atoms with Gasteiger partial charge in [0, 0.05) is 11.8 Å². The Morgan fingerprint density at radius 3 is 2.38 bits per heavy atom. The highest BCUT2D eigenvalue weighted by atomic mass is 16.5. The summed E-state index contributed by atoms with van der Waals surface area (Å²) in [6, 6.07) is 0. The van der Waals surface area contributed by atoms with Crippen LogP contribution in [0.15, 0.2) is 27.7 Å². The van der Waals surface area contributed by atoms with Crippen LogP contribution >= 0.6 is 0 Å². The standard InChI is InChI=1S/C18H26N6O2/c1-16(2,3)24-10-12(21-23-24)18(6,7)15-20-14(26-22-15)8-17(4,5)13-9-19-11-25-13/h9-11H,8H2,1-7H3. The highest BCUT2D eigenvalue weighted by Gasteiger charge is 2.34. The van der Waals surface area contributed by atoms with E-state index in [9.17, 15) is 0 Å². The molecule has 3 heterocycles. The predicted octanol–water partition coefficient (Wildman–Crippen LogP) is 3.25. The van der Waals surface area contributed by atoms with Crippen LogP contribution < -0.4 is 0 Å². The molecule has 0 fully saturated rings. The van der Waals surface area contributed by atoms with Crippen molar-refractivity contribution in [3.63, 3.8) is 0 Å². The van der Waals surface area contributed by atoms with Gasteiger partial charge in [-0.2, -0.15) is 4.98 Å². The Morgan fingerprint density at radius 1 is 1.08 bits per heavy atom. The summed E-state index contributed by atoms with van der Waals surface area (Å²) in [7, 11) is 0. The molecule has 0 aliphatic carbocycles. The normalized spacial score (nSPS) is 13.3. The van der Waals surface area contributed by atoms with Gasteiger partial charge in [-0.3, -0.25) is 0 Å². The summed E-state index contributed by atoms with van der Waals surface area (Å²) in [6.45, 7) is 14.4. The Kier molecular flexibility index (Phi) is 4.24. The van der Waals surface area contributed by atoms with E-state index in [0.29, 0.717) is 18.1 Å². The summed E-state index contributed by atoms with van der Waals surface area (Å²) in [6.07, 6.45) is 5.64. The van der Waals surface area contributed by atoms with Gasteiger partial charge in [-0.15, -0.1) is 5.10 Å². The molecule has 0 saturated heterocycles. The molecule has 8 heteroatoms. The van der Waals surface area contributed by atoms with E-state index in [1.54, 1.807) is 6.20 Å². The molecule has 0 atom stereocenters. The largest absolute Gasteiger partial charge is 0.448 e. The van der Waals surface area contributed by atoms with Crippen LogP contribution in [0.5, 0.6) is 0 Å². The summed E-state index contributed by atoms with van der Waals surface area (Å²) >= 11 is 0. The monoisotopic (exact) mass is 358 g/mol. The highest BCUT2D eigenvalue weighted by molar-refractivity contribution is 5.21. The molecule has 0 aromatic carbocycles. The molecule has 0 saturated carbocycles. The fourth-order valence-electron chi connectivity index (χ4n) is 2.59. The highest BCUT2D eigenvalue weighted by Crippen LogP contribution is 2.31. The molecular formula is C18H26N6O2. The Labute approximate surface area is 153 Å². The maximum absolute atomic E-state index is 5.50. The third-order valence-electron chi connectivity index (χ3n) is 4.54. The van der Waals surface area contributed by atoms with Crippen molar-refractivity contribution in [3.8, 4) is 0 Å². The first-order chi connectivity index (χ1) is 12.0. The minimum Gasteiger partial charge on any atom is -0.448 e. The third-order valence-corrected chi connectivity index (χ3v) is 4.54. The zero-order valence-corrected chi connectivity index (χ0v) is 16.4. The molecule has 0 spiro atoms. The zero-order chi connectivity index (χ0) is 19.2. The Bertz CT molecular complexity index is 868. The summed E-state index contributed by atoms with van der Waals surface area (Å²) in [5.74, 6) is 1.92. The molecule has 3 aromatic heterocycles. The van der Waals surface area contributed by atoms with Crippen molar-refractivity contribution in [1.82, 2.24) is 30.1 Å². The second kappa shape index (κ2) is 6.03. The van der Waals surface area contributed by atoms with E-state index in [2.05, 4.69) is 60.1 Å². The lowest BCUT2D eigenvalue weighted by molar-refractivity contribution is 0.314. The molecule has 0 bridgehead atoms. The number of hydrogen-bond donors (Lipinski definition) is 0. The molecule has 8 nitrogen and oxygen atoms in total. The fourth-order valence-corrected chi connectivity index (χ4v) is 2.59. The molecule has 140 valence electrons. The van der Waals surface area contributed by atoms with E-state index < -0.39 is 5.41 Å². The average molecular weight is 358 g/mol. The van der Waals surface area contributed by atoms with Gasteiger partial charge in [0.15, 0.2) is 12.2 Å². The van der Waals surface area contributed by atoms with Gasteiger partial charge < -0.3 is 8.94 Å². The summed E-state index contributed by atoms with van der Waals surface area (Å²) in [4.78, 5) is 8.59. The molecular weight excluding hydrogens is 332 g/mol. The topological polar surface area (TPSA) is 95.7 Å². The van der Waals surface area contributed by atoms with E-state index in [-0.39, 0.29) is 11.0 Å². The second-order valence-corrected chi connectivity index (χ2v) is 8.78. The van der Waals surface area contributed by atoms with Crippen molar-refractivity contribution in [2.75, 3.05) is 0 Å². The van der Waals surface area contributed by atoms with Gasteiger partial charge in [0.1, 0.15) is 5.76 Å². The third kappa shape index (κ3) is 3.40. The smallest absolute Gasteiger partial charge is 0.227 e. The summed E-state index contributed by atoms with van der Waals surface area (Å²) in [5.41, 5.74) is -0.138. The number of hydrogen-bond acceptors (Lipinski definition) is 7. The van der Waals surface area contributed by atoms with Crippen molar-refractivity contribution in [2.24, 2.45) is 0 Å². The van der Waals surface area contributed by atoms with Gasteiger partial charge >= 0.3 is 0 Å². The first-order valence-corrected chi connectivity index (χ1v) is 8.65. The predicted molar refractivity (Wildman–Crippen MR) is 94.7 cm³/mol. The van der Waals surface area contributed by atoms with Crippen molar-refractivity contribution < 1.29 is 8.94 Å². The Hall–Kier alpha value is -2.51. The second-order valence-electron chi connectivity index (χ2n) is 8.78. The van der Waals surface area contributed by atoms with Gasteiger partial charge in [0.2, 0.25) is 5.89 Å². The molecule has 3 aromatic rings. The van der Waals surface area contributed by atoms with Crippen molar-refractivity contribution in [3.05, 3.63) is 42.0 Å². The van der Waals surface area contributed by atoms with Crippen molar-refractivity contribution in [1.29, 1.82) is 0 Å². The van der Waals surface area contributed by atoms with Crippen LogP contribution in [0.4, 0.5) is 0 Å². The van der Waals surface area contributed by atoms with E-state index in [4.69, 9.17) is 8.94 Å². The van der Waals surface area contributed by atoms with Gasteiger partial charge in [0.05, 0.1) is 29.0 Å². The van der Waals surface area contributed by atoms with Gasteiger partial charge in [-0.1, -0.05) is 24.2 Å². The van der Waals surface area contributed by atoms with Gasteiger partial charge in [-0.05, 0) is 34.6 Å². The van der Waals surface area contributed by atoms with Crippen LogP contribution in [0.1, 0.15) is 71.6 Å². The average Bonchev–Trinajstić information content (AvgIpc) is 3.27. The molecule has 26 heavy (non-hydrogen) atoms. The number of rotatable bonds is 5. The van der Waals surface area contributed by atoms with Gasteiger partial charge in [-0.25, -0.2) is 9.67 Å². The minimum absolute atomic E-state index is 0.134. The fraction of sp³-hybridized carbons (Fsp3) is 0.611. The van der Waals surface area contributed by atoms with Crippen LogP contribution in [0.25, 0.3) is 0 Å². The van der Waals surface area contributed by atoms with E-state index in [1.807, 2.05) is 24.7 Å². The first-order valence-electron chi connectivity index (χ1n) is 8.65. The van der Waals surface area contributed by atoms with E-state index in [1.165, 1.54) is 6.39 Å². The van der Waals surface area contributed by atoms with Gasteiger partial charge in [0.25, 0.3) is 0 Å². The minimum atomic E-state index is -0.512. The van der Waals surface area contributed by atoms with Crippen LogP contribution in [0.3, 0.4) is 0 Å². The maximum atomic E-state index is 5.50. The summed E-state index contributed by atoms with van der Waals surface area (Å²) < 4.78 is 12.8. The summed E-state index contributed by atoms with van der Waals surface area (Å²) in [5, 5.41) is 12.8. The van der Waals surface area contributed by atoms with E-state index >= 15 is 0 Å². The zero-order valence-electron chi connectivity index (χ0n) is 16.4. The first kappa shape index (κ1) is 18.3. The quantitative estimate of drug-likeness (QED) is 0.690. The SMILES string of the molecule is CC(C)(Cc1nc(C(C)(C)c2cn(C(C)(C)C)nn2)no1)c1cnco1. The lowest BCUT2D eigenvalue weighted by Gasteiger charge is -2.20.